The number of ether oxygens (including phenoxy) is 1. The lowest BCUT2D eigenvalue weighted by Gasteiger charge is -2.06. The Balaban J connectivity index is 0.000000350. The zero-order valence-electron chi connectivity index (χ0n) is 19.6. The fraction of sp³-hybridized carbons (Fsp3) is 0.304. The number of amides is 1. The van der Waals surface area contributed by atoms with Gasteiger partial charge in [0, 0.05) is 30.6 Å². The molecule has 3 aromatic heterocycles. The van der Waals surface area contributed by atoms with Crippen LogP contribution in [0.15, 0.2) is 42.8 Å². The monoisotopic (exact) mass is 465 g/mol. The summed E-state index contributed by atoms with van der Waals surface area (Å²) in [6.45, 7) is 0.358. The van der Waals surface area contributed by atoms with Crippen molar-refractivity contribution in [2.45, 2.75) is 12.8 Å². The third-order valence-electron chi connectivity index (χ3n) is 4.83. The highest BCUT2D eigenvalue weighted by Crippen LogP contribution is 2.20. The smallest absolute Gasteiger partial charge is 0.319 e. The van der Waals surface area contributed by atoms with E-state index in [4.69, 9.17) is 0 Å². The second-order valence-corrected chi connectivity index (χ2v) is 7.75. The van der Waals surface area contributed by atoms with Crippen LogP contribution in [0, 0.1) is 0 Å². The molecule has 0 saturated carbocycles. The maximum absolute atomic E-state index is 12.5. The molecule has 0 aromatic carbocycles. The number of rotatable bonds is 6. The van der Waals surface area contributed by atoms with Crippen LogP contribution >= 0.6 is 0 Å². The Labute approximate surface area is 196 Å². The number of anilines is 1. The van der Waals surface area contributed by atoms with E-state index in [2.05, 4.69) is 37.4 Å². The highest BCUT2D eigenvalue weighted by Gasteiger charge is 2.17. The fourth-order valence-electron chi connectivity index (χ4n) is 3.19. The average Bonchev–Trinajstić information content (AvgIpc) is 3.42. The topological polar surface area (TPSA) is 124 Å². The lowest BCUT2D eigenvalue weighted by molar-refractivity contribution is -0.141. The first-order valence-corrected chi connectivity index (χ1v) is 10.6. The summed E-state index contributed by atoms with van der Waals surface area (Å²) >= 11 is 0. The minimum Gasteiger partial charge on any atom is -0.468 e. The number of carbonyl (C=O) groups is 3. The van der Waals surface area contributed by atoms with Gasteiger partial charge in [0.25, 0.3) is 5.91 Å². The number of aromatic nitrogens is 5. The normalized spacial score (nSPS) is 12.7. The van der Waals surface area contributed by atoms with E-state index in [0.29, 0.717) is 30.0 Å². The molecular weight excluding hydrogens is 438 g/mol. The molecular formula is C23H27N7O4. The molecule has 0 fully saturated rings. The van der Waals surface area contributed by atoms with Crippen LogP contribution in [-0.4, -0.2) is 75.2 Å². The number of aldehydes is 1. The Morgan fingerprint density at radius 2 is 2.09 bits per heavy atom. The first kappa shape index (κ1) is 24.5. The third kappa shape index (κ3) is 6.01. The lowest BCUT2D eigenvalue weighted by Crippen LogP contribution is -2.22. The van der Waals surface area contributed by atoms with E-state index in [-0.39, 0.29) is 17.2 Å². The van der Waals surface area contributed by atoms with Gasteiger partial charge in [0.1, 0.15) is 5.69 Å². The molecule has 0 unspecified atom stereocenters. The second-order valence-electron chi connectivity index (χ2n) is 7.75. The Bertz CT molecular complexity index is 1250. The van der Waals surface area contributed by atoms with E-state index < -0.39 is 5.91 Å². The van der Waals surface area contributed by atoms with Crippen LogP contribution in [0.1, 0.15) is 39.5 Å². The molecule has 34 heavy (non-hydrogen) atoms. The Kier molecular flexibility index (Phi) is 8.04. The molecule has 1 aliphatic rings. The first-order chi connectivity index (χ1) is 16.3. The molecule has 0 aliphatic heterocycles. The standard InChI is InChI=1S/C18H16N6O2.C5H11NO2/c1-23-16(13(11-25)10-19-23)18(26)20-14-7-8-24-15(9-14)21-17(22-24)12-5-3-2-4-6-12;1-6(2)4-5(7)8-3/h3,5-11H,2,4H2,1H3,(H,20,26);4H2,1-3H3. The van der Waals surface area contributed by atoms with Gasteiger partial charge in [-0.1, -0.05) is 18.2 Å². The number of likely N-dealkylation sites (N-methyl/N-ethyl adjacent to an activating group) is 1. The van der Waals surface area contributed by atoms with Crippen molar-refractivity contribution in [2.75, 3.05) is 33.1 Å². The maximum atomic E-state index is 12.5. The SMILES string of the molecule is COC(=O)CN(C)C.Cn1ncc(C=O)c1C(=O)Nc1ccn2nc(C3=CCCC=C3)nc2c1. The summed E-state index contributed by atoms with van der Waals surface area (Å²) in [5.74, 6) is 0.0448. The number of esters is 1. The minimum absolute atomic E-state index is 0.199. The van der Waals surface area contributed by atoms with Crippen molar-refractivity contribution in [2.24, 2.45) is 7.05 Å². The van der Waals surface area contributed by atoms with Gasteiger partial charge in [-0.05, 0) is 33.0 Å². The fourth-order valence-corrected chi connectivity index (χ4v) is 3.19. The number of hydrogen-bond acceptors (Lipinski definition) is 8. The molecule has 0 radical (unpaired) electrons. The van der Waals surface area contributed by atoms with E-state index in [1.54, 1.807) is 34.8 Å². The molecule has 1 N–H and O–H groups in total. The van der Waals surface area contributed by atoms with Crippen LogP contribution in [0.25, 0.3) is 11.2 Å². The number of methoxy groups -OCH3 is 1. The van der Waals surface area contributed by atoms with Crippen molar-refractivity contribution < 1.29 is 19.1 Å². The molecule has 4 rings (SSSR count). The minimum atomic E-state index is -0.408. The quantitative estimate of drug-likeness (QED) is 0.433. The van der Waals surface area contributed by atoms with E-state index in [9.17, 15) is 14.4 Å². The van der Waals surface area contributed by atoms with Crippen molar-refractivity contribution >= 4 is 35.1 Å². The molecule has 0 spiro atoms. The van der Waals surface area contributed by atoms with Gasteiger partial charge >= 0.3 is 5.97 Å². The van der Waals surface area contributed by atoms with Gasteiger partial charge in [-0.3, -0.25) is 24.0 Å². The van der Waals surface area contributed by atoms with Gasteiger partial charge in [0.05, 0.1) is 25.4 Å². The molecule has 11 nitrogen and oxygen atoms in total. The number of hydrogen-bond donors (Lipinski definition) is 1. The highest BCUT2D eigenvalue weighted by atomic mass is 16.5. The predicted octanol–water partition coefficient (Wildman–Crippen LogP) is 1.98. The number of pyridine rings is 1. The second kappa shape index (κ2) is 11.1. The molecule has 11 heteroatoms. The Hall–Kier alpha value is -4.12. The van der Waals surface area contributed by atoms with Crippen LogP contribution in [0.2, 0.25) is 0 Å². The molecule has 178 valence electrons. The number of fused-ring (bicyclic) bond motifs is 1. The van der Waals surface area contributed by atoms with Crippen molar-refractivity contribution in [3.63, 3.8) is 0 Å². The highest BCUT2D eigenvalue weighted by molar-refractivity contribution is 6.07. The summed E-state index contributed by atoms with van der Waals surface area (Å²) in [5, 5.41) is 11.2. The summed E-state index contributed by atoms with van der Waals surface area (Å²) in [6, 6.07) is 3.46. The van der Waals surface area contributed by atoms with Crippen molar-refractivity contribution in [3.8, 4) is 0 Å². The maximum Gasteiger partial charge on any atom is 0.319 e. The zero-order valence-corrected chi connectivity index (χ0v) is 19.6. The summed E-state index contributed by atoms with van der Waals surface area (Å²) in [6.07, 6.45) is 12.0. The number of nitrogens with one attached hydrogen (secondary N) is 1. The lowest BCUT2D eigenvalue weighted by atomic mass is 10.1. The first-order valence-electron chi connectivity index (χ1n) is 10.6. The Morgan fingerprint density at radius 3 is 2.71 bits per heavy atom. The summed E-state index contributed by atoms with van der Waals surface area (Å²) in [4.78, 5) is 40.2. The van der Waals surface area contributed by atoms with Gasteiger partial charge in [-0.15, -0.1) is 5.10 Å². The number of allylic oxidation sites excluding steroid dienone is 4. The van der Waals surface area contributed by atoms with Crippen molar-refractivity contribution in [3.05, 3.63) is 59.8 Å². The average molecular weight is 466 g/mol. The van der Waals surface area contributed by atoms with E-state index in [1.165, 1.54) is 18.0 Å². The number of carbonyl (C=O) groups excluding carboxylic acids is 3. The van der Waals surface area contributed by atoms with E-state index in [1.807, 2.05) is 20.2 Å². The summed E-state index contributed by atoms with van der Waals surface area (Å²) in [7, 11) is 6.63. The van der Waals surface area contributed by atoms with Crippen molar-refractivity contribution in [1.82, 2.24) is 29.3 Å². The Morgan fingerprint density at radius 1 is 1.29 bits per heavy atom. The van der Waals surface area contributed by atoms with Crippen molar-refractivity contribution in [1.29, 1.82) is 0 Å². The number of nitrogens with zero attached hydrogens (tertiary/aromatic N) is 6. The van der Waals surface area contributed by atoms with Gasteiger partial charge < -0.3 is 10.1 Å². The van der Waals surface area contributed by atoms with Gasteiger partial charge in [-0.25, -0.2) is 9.50 Å². The molecule has 0 atom stereocenters. The van der Waals surface area contributed by atoms with Crippen LogP contribution in [0.3, 0.4) is 0 Å². The number of aryl methyl sites for hydroxylation is 1. The zero-order chi connectivity index (χ0) is 24.7. The molecule has 1 aliphatic carbocycles. The van der Waals surface area contributed by atoms with Gasteiger partial charge in [0.2, 0.25) is 0 Å². The van der Waals surface area contributed by atoms with Crippen LogP contribution in [0.4, 0.5) is 5.69 Å². The molecule has 1 amide bonds. The van der Waals surface area contributed by atoms with E-state index in [0.717, 1.165) is 18.4 Å². The van der Waals surface area contributed by atoms with Crippen LogP contribution < -0.4 is 5.32 Å². The van der Waals surface area contributed by atoms with Gasteiger partial charge in [0.15, 0.2) is 17.8 Å². The molecule has 3 aromatic rings. The van der Waals surface area contributed by atoms with Crippen LogP contribution in [-0.2, 0) is 16.6 Å². The summed E-state index contributed by atoms with van der Waals surface area (Å²) < 4.78 is 7.41. The predicted molar refractivity (Wildman–Crippen MR) is 126 cm³/mol. The molecule has 3 heterocycles. The third-order valence-corrected chi connectivity index (χ3v) is 4.83. The summed E-state index contributed by atoms with van der Waals surface area (Å²) in [5.41, 5.74) is 2.63. The van der Waals surface area contributed by atoms with E-state index >= 15 is 0 Å². The van der Waals surface area contributed by atoms with Crippen LogP contribution in [0.5, 0.6) is 0 Å². The molecule has 0 saturated heterocycles. The molecule has 0 bridgehead atoms. The largest absolute Gasteiger partial charge is 0.468 e. The van der Waals surface area contributed by atoms with Gasteiger partial charge in [-0.2, -0.15) is 5.10 Å².